The van der Waals surface area contributed by atoms with Crippen LogP contribution < -0.4 is 5.73 Å². The standard InChI is InChI=1S/C10H7F6N/c11-5-1-4(6(12)8(14)7(5)13)9(3-17)2-10(9,15)16/h1H,2-3,17H2. The Balaban J connectivity index is 2.62. The Morgan fingerprint density at radius 1 is 1.06 bits per heavy atom. The van der Waals surface area contributed by atoms with Crippen LogP contribution in [0.3, 0.4) is 0 Å². The van der Waals surface area contributed by atoms with Gasteiger partial charge < -0.3 is 5.73 Å². The molecule has 0 saturated heterocycles. The van der Waals surface area contributed by atoms with Gasteiger partial charge in [0.15, 0.2) is 23.3 Å². The van der Waals surface area contributed by atoms with Crippen LogP contribution >= 0.6 is 0 Å². The Morgan fingerprint density at radius 3 is 2.00 bits per heavy atom. The third-order valence-corrected chi connectivity index (χ3v) is 3.07. The Bertz CT molecular complexity index is 486. The molecular formula is C10H7F6N. The fourth-order valence-corrected chi connectivity index (χ4v) is 1.88. The maximum Gasteiger partial charge on any atom is 0.260 e. The van der Waals surface area contributed by atoms with E-state index in [0.717, 1.165) is 0 Å². The molecule has 1 aliphatic carbocycles. The van der Waals surface area contributed by atoms with E-state index in [1.165, 1.54) is 0 Å². The molecule has 2 N–H and O–H groups in total. The van der Waals surface area contributed by atoms with Gasteiger partial charge in [-0.2, -0.15) is 0 Å². The van der Waals surface area contributed by atoms with Gasteiger partial charge in [0.05, 0.1) is 5.41 Å². The predicted octanol–water partition coefficient (Wildman–Crippen LogP) is 2.48. The molecule has 0 aliphatic heterocycles. The Kier molecular flexibility index (Phi) is 2.43. The molecule has 17 heavy (non-hydrogen) atoms. The van der Waals surface area contributed by atoms with E-state index in [1.807, 2.05) is 0 Å². The smallest absolute Gasteiger partial charge is 0.260 e. The summed E-state index contributed by atoms with van der Waals surface area (Å²) in [6, 6.07) is 0.238. The maximum atomic E-state index is 13.3. The molecule has 1 unspecified atom stereocenters. The highest BCUT2D eigenvalue weighted by atomic mass is 19.3. The molecule has 94 valence electrons. The third kappa shape index (κ3) is 1.45. The first kappa shape index (κ1) is 12.2. The van der Waals surface area contributed by atoms with Crippen LogP contribution in [0.1, 0.15) is 12.0 Å². The van der Waals surface area contributed by atoms with Gasteiger partial charge in [0.2, 0.25) is 0 Å². The average molecular weight is 255 g/mol. The number of rotatable bonds is 2. The minimum Gasteiger partial charge on any atom is -0.329 e. The van der Waals surface area contributed by atoms with Gasteiger partial charge in [0.1, 0.15) is 0 Å². The summed E-state index contributed by atoms with van der Waals surface area (Å²) in [5.41, 5.74) is 2.05. The van der Waals surface area contributed by atoms with Crippen molar-refractivity contribution in [3.05, 3.63) is 34.9 Å². The normalized spacial score (nSPS) is 26.1. The van der Waals surface area contributed by atoms with Gasteiger partial charge in [0, 0.05) is 18.5 Å². The van der Waals surface area contributed by atoms with Gasteiger partial charge >= 0.3 is 0 Å². The van der Waals surface area contributed by atoms with Crippen LogP contribution in [-0.2, 0) is 5.41 Å². The largest absolute Gasteiger partial charge is 0.329 e. The minimum atomic E-state index is -3.33. The van der Waals surface area contributed by atoms with E-state index in [9.17, 15) is 26.3 Å². The summed E-state index contributed by atoms with van der Waals surface area (Å²) in [5, 5.41) is 0. The van der Waals surface area contributed by atoms with E-state index < -0.39 is 53.1 Å². The van der Waals surface area contributed by atoms with Crippen LogP contribution in [0.15, 0.2) is 6.07 Å². The Morgan fingerprint density at radius 2 is 1.59 bits per heavy atom. The van der Waals surface area contributed by atoms with Gasteiger partial charge in [0.25, 0.3) is 5.92 Å². The molecule has 0 amide bonds. The van der Waals surface area contributed by atoms with E-state index in [4.69, 9.17) is 5.73 Å². The van der Waals surface area contributed by atoms with Crippen LogP contribution in [0.5, 0.6) is 0 Å². The summed E-state index contributed by atoms with van der Waals surface area (Å²) in [4.78, 5) is 0. The molecule has 1 aromatic carbocycles. The van der Waals surface area contributed by atoms with Crippen LogP contribution in [0.2, 0.25) is 0 Å². The number of benzene rings is 1. The summed E-state index contributed by atoms with van der Waals surface area (Å²) in [6.07, 6.45) is -0.808. The first-order valence-corrected chi connectivity index (χ1v) is 4.68. The molecule has 2 rings (SSSR count). The highest BCUT2D eigenvalue weighted by molar-refractivity contribution is 5.40. The van der Waals surface area contributed by atoms with Crippen LogP contribution in [-0.4, -0.2) is 12.5 Å². The molecular weight excluding hydrogens is 248 g/mol. The van der Waals surface area contributed by atoms with Crippen molar-refractivity contribution in [2.75, 3.05) is 6.54 Å². The second kappa shape index (κ2) is 3.38. The van der Waals surface area contributed by atoms with Crippen LogP contribution in [0.4, 0.5) is 26.3 Å². The number of hydrogen-bond donors (Lipinski definition) is 1. The lowest BCUT2D eigenvalue weighted by Crippen LogP contribution is -2.28. The number of nitrogens with two attached hydrogens (primary N) is 1. The molecule has 0 bridgehead atoms. The summed E-state index contributed by atoms with van der Waals surface area (Å²) >= 11 is 0. The molecule has 1 aliphatic rings. The number of hydrogen-bond acceptors (Lipinski definition) is 1. The van der Waals surface area contributed by atoms with Crippen molar-refractivity contribution in [2.45, 2.75) is 17.8 Å². The summed E-state index contributed by atoms with van der Waals surface area (Å²) in [7, 11) is 0. The zero-order valence-electron chi connectivity index (χ0n) is 8.34. The fraction of sp³-hybridized carbons (Fsp3) is 0.400. The van der Waals surface area contributed by atoms with Crippen molar-refractivity contribution in [3.8, 4) is 0 Å². The van der Waals surface area contributed by atoms with E-state index in [2.05, 4.69) is 0 Å². The van der Waals surface area contributed by atoms with Crippen molar-refractivity contribution in [1.82, 2.24) is 0 Å². The topological polar surface area (TPSA) is 26.0 Å². The quantitative estimate of drug-likeness (QED) is 0.490. The third-order valence-electron chi connectivity index (χ3n) is 3.07. The highest BCUT2D eigenvalue weighted by Gasteiger charge is 2.72. The molecule has 1 nitrogen and oxygen atoms in total. The zero-order valence-corrected chi connectivity index (χ0v) is 8.34. The van der Waals surface area contributed by atoms with Gasteiger partial charge in [-0.15, -0.1) is 0 Å². The van der Waals surface area contributed by atoms with Gasteiger partial charge in [-0.05, 0) is 6.07 Å². The zero-order chi connectivity index (χ0) is 13.0. The lowest BCUT2D eigenvalue weighted by molar-refractivity contribution is 0.0883. The van der Waals surface area contributed by atoms with Crippen molar-refractivity contribution in [3.63, 3.8) is 0 Å². The van der Waals surface area contributed by atoms with Crippen molar-refractivity contribution in [2.24, 2.45) is 5.73 Å². The second-order valence-corrected chi connectivity index (χ2v) is 4.02. The molecule has 0 aromatic heterocycles. The van der Waals surface area contributed by atoms with E-state index in [-0.39, 0.29) is 6.07 Å². The molecule has 1 atom stereocenters. The molecule has 7 heteroatoms. The van der Waals surface area contributed by atoms with Crippen molar-refractivity contribution < 1.29 is 26.3 Å². The minimum absolute atomic E-state index is 0.238. The monoisotopic (exact) mass is 255 g/mol. The molecule has 1 fully saturated rings. The number of alkyl halides is 2. The lowest BCUT2D eigenvalue weighted by Gasteiger charge is -2.16. The maximum absolute atomic E-state index is 13.3. The summed E-state index contributed by atoms with van der Waals surface area (Å²) in [5.74, 6) is -11.0. The van der Waals surface area contributed by atoms with E-state index in [1.54, 1.807) is 0 Å². The Labute approximate surface area is 92.2 Å². The first-order chi connectivity index (χ1) is 7.77. The van der Waals surface area contributed by atoms with Gasteiger partial charge in [-0.1, -0.05) is 0 Å². The summed E-state index contributed by atoms with van der Waals surface area (Å²) < 4.78 is 78.0. The van der Waals surface area contributed by atoms with Crippen LogP contribution in [0.25, 0.3) is 0 Å². The van der Waals surface area contributed by atoms with E-state index in [0.29, 0.717) is 0 Å². The number of halogens is 6. The Hall–Kier alpha value is -1.24. The van der Waals surface area contributed by atoms with Gasteiger partial charge in [-0.3, -0.25) is 0 Å². The molecule has 0 radical (unpaired) electrons. The molecule has 0 spiro atoms. The van der Waals surface area contributed by atoms with Crippen molar-refractivity contribution in [1.29, 1.82) is 0 Å². The SMILES string of the molecule is NCC1(c2cc(F)c(F)c(F)c2F)CC1(F)F. The predicted molar refractivity (Wildman–Crippen MR) is 46.6 cm³/mol. The van der Waals surface area contributed by atoms with Gasteiger partial charge in [-0.25, -0.2) is 26.3 Å². The summed E-state index contributed by atoms with van der Waals surface area (Å²) in [6.45, 7) is -0.679. The van der Waals surface area contributed by atoms with Crippen molar-refractivity contribution >= 4 is 0 Å². The van der Waals surface area contributed by atoms with Crippen LogP contribution in [0, 0.1) is 23.3 Å². The fourth-order valence-electron chi connectivity index (χ4n) is 1.88. The molecule has 0 heterocycles. The highest BCUT2D eigenvalue weighted by Crippen LogP contribution is 2.61. The van der Waals surface area contributed by atoms with E-state index >= 15 is 0 Å². The first-order valence-electron chi connectivity index (χ1n) is 4.68. The molecule has 1 aromatic rings. The average Bonchev–Trinajstić information content (AvgIpc) is 2.84. The molecule has 1 saturated carbocycles. The lowest BCUT2D eigenvalue weighted by atomic mass is 9.94. The second-order valence-electron chi connectivity index (χ2n) is 4.02.